The Morgan fingerprint density at radius 2 is 1.83 bits per heavy atom. The fraction of sp³-hybridized carbons (Fsp3) is 0.174. The number of para-hydroxylation sites is 1. The number of rotatable bonds is 7. The van der Waals surface area contributed by atoms with Gasteiger partial charge >= 0.3 is 0 Å². The van der Waals surface area contributed by atoms with Crippen molar-refractivity contribution in [3.8, 4) is 11.1 Å². The monoisotopic (exact) mass is 423 g/mol. The van der Waals surface area contributed by atoms with Crippen molar-refractivity contribution in [1.29, 1.82) is 0 Å². The number of carbonyl (C=O) groups is 1. The molecule has 0 fully saturated rings. The Labute approximate surface area is 180 Å². The molecule has 1 N–H and O–H groups in total. The molecule has 0 aliphatic heterocycles. The van der Waals surface area contributed by atoms with Crippen LogP contribution in [0.1, 0.15) is 29.8 Å². The molecule has 0 unspecified atom stereocenters. The lowest BCUT2D eigenvalue weighted by atomic mass is 10.0. The van der Waals surface area contributed by atoms with E-state index < -0.39 is 5.79 Å². The number of hydrogen-bond donors (Lipinski definition) is 1. The van der Waals surface area contributed by atoms with Crippen LogP contribution in [0.4, 0.5) is 5.69 Å². The number of aromatic nitrogens is 1. The standard InChI is InChI=1S/C23H22ClN3O3/c1-23(2,29-3)30-26-15-16-10-12-17(13-11-16)18-7-4-5-9-20(18)27-22(28)19-8-6-14-25-21(19)24/h4-15H,1-3H3,(H,27,28)/b26-15+. The highest BCUT2D eigenvalue weighted by Crippen LogP contribution is 2.28. The van der Waals surface area contributed by atoms with E-state index in [0.29, 0.717) is 11.3 Å². The summed E-state index contributed by atoms with van der Waals surface area (Å²) < 4.78 is 5.15. The molecule has 0 atom stereocenters. The van der Waals surface area contributed by atoms with Gasteiger partial charge in [-0.3, -0.25) is 4.79 Å². The Morgan fingerprint density at radius 1 is 1.10 bits per heavy atom. The fourth-order valence-corrected chi connectivity index (χ4v) is 2.79. The van der Waals surface area contributed by atoms with Crippen molar-refractivity contribution in [2.45, 2.75) is 19.6 Å². The SMILES string of the molecule is COC(C)(C)O/N=C/c1ccc(-c2ccccc2NC(=O)c2cccnc2Cl)cc1. The van der Waals surface area contributed by atoms with Gasteiger partial charge in [-0.15, -0.1) is 0 Å². The molecule has 0 saturated carbocycles. The summed E-state index contributed by atoms with van der Waals surface area (Å²) in [5, 5.41) is 7.04. The molecule has 2 aromatic carbocycles. The first-order valence-electron chi connectivity index (χ1n) is 9.27. The zero-order valence-corrected chi connectivity index (χ0v) is 17.7. The average molecular weight is 424 g/mol. The molecule has 154 valence electrons. The third kappa shape index (κ3) is 5.43. The van der Waals surface area contributed by atoms with Crippen LogP contribution < -0.4 is 5.32 Å². The number of oxime groups is 1. The lowest BCUT2D eigenvalue weighted by Gasteiger charge is -2.19. The quantitative estimate of drug-likeness (QED) is 0.239. The topological polar surface area (TPSA) is 72.8 Å². The summed E-state index contributed by atoms with van der Waals surface area (Å²) in [7, 11) is 1.56. The second-order valence-corrected chi connectivity index (χ2v) is 7.25. The van der Waals surface area contributed by atoms with E-state index >= 15 is 0 Å². The van der Waals surface area contributed by atoms with E-state index in [1.807, 2.05) is 48.5 Å². The molecule has 0 aliphatic carbocycles. The van der Waals surface area contributed by atoms with Crippen molar-refractivity contribution in [3.63, 3.8) is 0 Å². The van der Waals surface area contributed by atoms with Crippen LogP contribution in [0.15, 0.2) is 72.0 Å². The first kappa shape index (κ1) is 21.5. The van der Waals surface area contributed by atoms with Gasteiger partial charge in [-0.05, 0) is 29.3 Å². The molecule has 30 heavy (non-hydrogen) atoms. The summed E-state index contributed by atoms with van der Waals surface area (Å²) >= 11 is 6.04. The zero-order valence-electron chi connectivity index (χ0n) is 16.9. The van der Waals surface area contributed by atoms with Gasteiger partial charge in [0.2, 0.25) is 5.79 Å². The Balaban J connectivity index is 1.78. The van der Waals surface area contributed by atoms with Crippen molar-refractivity contribution in [1.82, 2.24) is 4.98 Å². The lowest BCUT2D eigenvalue weighted by molar-refractivity contribution is -0.196. The molecule has 1 heterocycles. The molecule has 6 nitrogen and oxygen atoms in total. The molecular formula is C23H22ClN3O3. The number of methoxy groups -OCH3 is 1. The maximum Gasteiger partial charge on any atom is 0.258 e. The number of anilines is 1. The number of pyridine rings is 1. The summed E-state index contributed by atoms with van der Waals surface area (Å²) in [6.45, 7) is 3.55. The maximum atomic E-state index is 12.6. The van der Waals surface area contributed by atoms with Crippen LogP contribution in [-0.4, -0.2) is 30.0 Å². The minimum Gasteiger partial charge on any atom is -0.361 e. The molecular weight excluding hydrogens is 402 g/mol. The number of carbonyl (C=O) groups excluding carboxylic acids is 1. The van der Waals surface area contributed by atoms with Crippen LogP contribution in [0.2, 0.25) is 5.15 Å². The number of amides is 1. The third-order valence-corrected chi connectivity index (χ3v) is 4.67. The molecule has 0 aliphatic rings. The van der Waals surface area contributed by atoms with Gasteiger partial charge < -0.3 is 14.9 Å². The summed E-state index contributed by atoms with van der Waals surface area (Å²) in [6, 6.07) is 18.6. The van der Waals surface area contributed by atoms with Gasteiger partial charge in [-0.2, -0.15) is 0 Å². The number of nitrogens with one attached hydrogen (secondary N) is 1. The smallest absolute Gasteiger partial charge is 0.258 e. The van der Waals surface area contributed by atoms with Gasteiger partial charge in [-0.25, -0.2) is 4.98 Å². The number of halogens is 1. The van der Waals surface area contributed by atoms with Crippen LogP contribution in [0, 0.1) is 0 Å². The third-order valence-electron chi connectivity index (χ3n) is 4.37. The Hall–Kier alpha value is -3.22. The first-order chi connectivity index (χ1) is 14.4. The van der Waals surface area contributed by atoms with Crippen LogP contribution >= 0.6 is 11.6 Å². The normalized spacial score (nSPS) is 11.5. The van der Waals surface area contributed by atoms with E-state index in [-0.39, 0.29) is 11.1 Å². The molecule has 3 aromatic rings. The zero-order chi connectivity index (χ0) is 21.6. The number of hydrogen-bond acceptors (Lipinski definition) is 5. The highest BCUT2D eigenvalue weighted by Gasteiger charge is 2.17. The van der Waals surface area contributed by atoms with Crippen LogP contribution in [0.3, 0.4) is 0 Å². The second-order valence-electron chi connectivity index (χ2n) is 6.89. The first-order valence-corrected chi connectivity index (χ1v) is 9.65. The average Bonchev–Trinajstić information content (AvgIpc) is 2.75. The molecule has 7 heteroatoms. The number of ether oxygens (including phenoxy) is 1. The van der Waals surface area contributed by atoms with Crippen molar-refractivity contribution in [2.24, 2.45) is 5.16 Å². The number of nitrogens with zero attached hydrogens (tertiary/aromatic N) is 2. The lowest BCUT2D eigenvalue weighted by Crippen LogP contribution is -2.24. The van der Waals surface area contributed by atoms with E-state index in [0.717, 1.165) is 16.7 Å². The predicted octanol–water partition coefficient (Wildman–Crippen LogP) is 5.39. The van der Waals surface area contributed by atoms with Gasteiger partial charge in [0, 0.05) is 38.4 Å². The summed E-state index contributed by atoms with van der Waals surface area (Å²) in [5.74, 6) is -1.10. The van der Waals surface area contributed by atoms with E-state index in [9.17, 15) is 4.79 Å². The van der Waals surface area contributed by atoms with Crippen molar-refractivity contribution >= 4 is 29.4 Å². The summed E-state index contributed by atoms with van der Waals surface area (Å²) in [5.41, 5.74) is 3.69. The van der Waals surface area contributed by atoms with Gasteiger partial charge in [0.15, 0.2) is 0 Å². The van der Waals surface area contributed by atoms with Crippen molar-refractivity contribution in [2.75, 3.05) is 12.4 Å². The minimum absolute atomic E-state index is 0.162. The number of benzene rings is 2. The molecule has 0 spiro atoms. The van der Waals surface area contributed by atoms with E-state index in [1.165, 1.54) is 0 Å². The predicted molar refractivity (Wildman–Crippen MR) is 119 cm³/mol. The van der Waals surface area contributed by atoms with Crippen molar-refractivity contribution < 1.29 is 14.4 Å². The summed E-state index contributed by atoms with van der Waals surface area (Å²) in [6.07, 6.45) is 3.15. The maximum absolute atomic E-state index is 12.6. The van der Waals surface area contributed by atoms with Gasteiger partial charge in [0.1, 0.15) is 5.15 Å². The van der Waals surface area contributed by atoms with Gasteiger partial charge in [-0.1, -0.05) is 59.2 Å². The molecule has 1 aromatic heterocycles. The van der Waals surface area contributed by atoms with Gasteiger partial charge in [0.25, 0.3) is 5.91 Å². The van der Waals surface area contributed by atoms with E-state index in [4.69, 9.17) is 21.2 Å². The van der Waals surface area contributed by atoms with Gasteiger partial charge in [0.05, 0.1) is 11.8 Å². The highest BCUT2D eigenvalue weighted by atomic mass is 35.5. The molecule has 0 radical (unpaired) electrons. The summed E-state index contributed by atoms with van der Waals surface area (Å²) in [4.78, 5) is 21.9. The largest absolute Gasteiger partial charge is 0.361 e. The molecule has 3 rings (SSSR count). The molecule has 0 bridgehead atoms. The second kappa shape index (κ2) is 9.52. The molecule has 0 saturated heterocycles. The Morgan fingerprint density at radius 3 is 2.53 bits per heavy atom. The fourth-order valence-electron chi connectivity index (χ4n) is 2.59. The Kier molecular flexibility index (Phi) is 6.82. The minimum atomic E-state index is -0.787. The highest BCUT2D eigenvalue weighted by molar-refractivity contribution is 6.33. The van der Waals surface area contributed by atoms with E-state index in [1.54, 1.807) is 45.5 Å². The van der Waals surface area contributed by atoms with Crippen LogP contribution in [-0.2, 0) is 9.57 Å². The molecule has 1 amide bonds. The Bertz CT molecular complexity index is 1050. The van der Waals surface area contributed by atoms with Crippen LogP contribution in [0.5, 0.6) is 0 Å². The van der Waals surface area contributed by atoms with Crippen molar-refractivity contribution in [3.05, 3.63) is 83.1 Å². The van der Waals surface area contributed by atoms with Crippen LogP contribution in [0.25, 0.3) is 11.1 Å². The van der Waals surface area contributed by atoms with E-state index in [2.05, 4.69) is 15.5 Å².